The van der Waals surface area contributed by atoms with Crippen molar-refractivity contribution in [3.8, 4) is 107 Å². The summed E-state index contributed by atoms with van der Waals surface area (Å²) in [4.78, 5) is 4.13. The van der Waals surface area contributed by atoms with Gasteiger partial charge in [-0.15, -0.1) is 0 Å². The zero-order chi connectivity index (χ0) is 46.8. The van der Waals surface area contributed by atoms with Crippen LogP contribution < -0.4 is 0 Å². The van der Waals surface area contributed by atoms with Gasteiger partial charge in [-0.25, -0.2) is 4.85 Å². The van der Waals surface area contributed by atoms with Gasteiger partial charge in [0, 0.05) is 16.7 Å². The first-order chi connectivity index (χ1) is 34.5. The SMILES string of the molecule is [C-]#[N+]c1cc(C#N)c(-c2ccccc2)cc1-c1cc2c3cc4c(cc3c(-c3cc(-c5ccccc5)c(C#N)cc3C#N)cc2c2cc3c(cc12)-c1cccc2cccc-3c12)-c1cccc2cccc-4c12. The number of nitrogens with zero attached hydrogens (tertiary/aromatic N) is 4. The maximum atomic E-state index is 11.0. The summed E-state index contributed by atoms with van der Waals surface area (Å²) in [5.74, 6) is 0. The van der Waals surface area contributed by atoms with Crippen LogP contribution >= 0.6 is 0 Å². The molecule has 0 saturated heterocycles. The van der Waals surface area contributed by atoms with Crippen LogP contribution in [0.2, 0.25) is 0 Å². The average Bonchev–Trinajstić information content (AvgIpc) is 3.91. The van der Waals surface area contributed by atoms with E-state index in [4.69, 9.17) is 6.57 Å². The van der Waals surface area contributed by atoms with Crippen molar-refractivity contribution in [2.45, 2.75) is 0 Å². The Hall–Kier alpha value is -10.1. The summed E-state index contributed by atoms with van der Waals surface area (Å²) >= 11 is 0. The minimum Gasteiger partial charge on any atom is -0.237 e. The average molecular weight is 881 g/mol. The Morgan fingerprint density at radius 3 is 1.07 bits per heavy atom. The molecule has 2 aliphatic carbocycles. The monoisotopic (exact) mass is 880 g/mol. The minimum atomic E-state index is 0.399. The lowest BCUT2D eigenvalue weighted by molar-refractivity contribution is 1.44. The molecule has 0 fully saturated rings. The molecule has 0 unspecified atom stereocenters. The van der Waals surface area contributed by atoms with Crippen LogP contribution in [0.5, 0.6) is 0 Å². The van der Waals surface area contributed by atoms with Crippen molar-refractivity contribution in [1.29, 1.82) is 15.8 Å². The van der Waals surface area contributed by atoms with Crippen molar-refractivity contribution in [3.05, 3.63) is 222 Å². The van der Waals surface area contributed by atoms with Crippen molar-refractivity contribution < 1.29 is 0 Å². The molecule has 0 aliphatic heterocycles. The largest absolute Gasteiger partial charge is 0.237 e. The third-order valence-corrected chi connectivity index (χ3v) is 14.8. The molecule has 0 radical (unpaired) electrons. The van der Waals surface area contributed by atoms with E-state index in [1.54, 1.807) is 12.1 Å². The maximum Gasteiger partial charge on any atom is 0.196 e. The van der Waals surface area contributed by atoms with E-state index < -0.39 is 0 Å². The van der Waals surface area contributed by atoms with Crippen LogP contribution in [-0.2, 0) is 0 Å². The fraction of sp³-hybridized carbons (Fsp3) is 0. The van der Waals surface area contributed by atoms with E-state index >= 15 is 0 Å². The summed E-state index contributed by atoms with van der Waals surface area (Å²) in [5.41, 5.74) is 17.5. The Bertz CT molecular complexity index is 4250. The first kappa shape index (κ1) is 39.1. The lowest BCUT2D eigenvalue weighted by Crippen LogP contribution is -1.95. The molecule has 0 N–H and O–H groups in total. The molecule has 12 aromatic rings. The Morgan fingerprint density at radius 2 is 0.643 bits per heavy atom. The zero-order valence-corrected chi connectivity index (χ0v) is 37.3. The molecule has 70 heavy (non-hydrogen) atoms. The molecule has 2 aliphatic rings. The van der Waals surface area contributed by atoms with Gasteiger partial charge in [-0.3, -0.25) is 0 Å². The van der Waals surface area contributed by atoms with Crippen LogP contribution in [0.15, 0.2) is 194 Å². The van der Waals surface area contributed by atoms with Crippen LogP contribution in [0.3, 0.4) is 0 Å². The summed E-state index contributed by atoms with van der Waals surface area (Å²) in [7, 11) is 0. The van der Waals surface area contributed by atoms with Gasteiger partial charge in [-0.2, -0.15) is 15.8 Å². The van der Waals surface area contributed by atoms with E-state index in [9.17, 15) is 15.8 Å². The van der Waals surface area contributed by atoms with Crippen molar-refractivity contribution >= 4 is 59.5 Å². The molecule has 4 nitrogen and oxygen atoms in total. The third kappa shape index (κ3) is 5.42. The number of fused-ring (bicyclic) bond motifs is 11. The van der Waals surface area contributed by atoms with E-state index in [0.717, 1.165) is 105 Å². The van der Waals surface area contributed by atoms with E-state index in [0.29, 0.717) is 22.4 Å². The molecule has 0 atom stereocenters. The summed E-state index contributed by atoms with van der Waals surface area (Å²) in [6.45, 7) is 8.61. The highest BCUT2D eigenvalue weighted by atomic mass is 14.6. The lowest BCUT2D eigenvalue weighted by Gasteiger charge is -2.20. The lowest BCUT2D eigenvalue weighted by atomic mass is 9.82. The molecule has 316 valence electrons. The summed E-state index contributed by atoms with van der Waals surface area (Å²) in [5, 5.41) is 42.8. The van der Waals surface area contributed by atoms with Gasteiger partial charge in [0.25, 0.3) is 0 Å². The van der Waals surface area contributed by atoms with E-state index in [1.807, 2.05) is 72.8 Å². The van der Waals surface area contributed by atoms with Crippen LogP contribution in [0.4, 0.5) is 5.69 Å². The smallest absolute Gasteiger partial charge is 0.196 e. The predicted molar refractivity (Wildman–Crippen MR) is 285 cm³/mol. The number of benzene rings is 12. The first-order valence-corrected chi connectivity index (χ1v) is 23.2. The molecule has 0 saturated carbocycles. The second-order valence-electron chi connectivity index (χ2n) is 18.3. The minimum absolute atomic E-state index is 0.399. The van der Waals surface area contributed by atoms with E-state index in [-0.39, 0.29) is 0 Å². The van der Waals surface area contributed by atoms with Gasteiger partial charge in [0.05, 0.1) is 35.9 Å². The molecule has 0 bridgehead atoms. The Balaban J connectivity index is 1.18. The van der Waals surface area contributed by atoms with E-state index in [2.05, 4.69) is 132 Å². The standard InChI is InChI=1S/C66H32N4/c1-70-64-25-43(36-69)49(38-14-6-3-7-15-38)27-63(64)62-33-60-57-29-52-45-21-9-17-39-16-8-20-44(65(39)45)51(52)28-56(57)55(50-26-48(37-12-4-2-5-13-37)41(34-67)24-42(50)35-68)32-59(60)58-30-53-46-22-10-18-40-19-11-23-47(66(40)46)54(53)31-61(58)62/h2-33H. The molecule has 0 amide bonds. The van der Waals surface area contributed by atoms with Crippen molar-refractivity contribution in [3.63, 3.8) is 0 Å². The van der Waals surface area contributed by atoms with Gasteiger partial charge in [0.15, 0.2) is 5.69 Å². The zero-order valence-electron chi connectivity index (χ0n) is 37.3. The van der Waals surface area contributed by atoms with Gasteiger partial charge in [0.2, 0.25) is 0 Å². The van der Waals surface area contributed by atoms with E-state index in [1.165, 1.54) is 38.2 Å². The van der Waals surface area contributed by atoms with Crippen molar-refractivity contribution in [2.24, 2.45) is 0 Å². The fourth-order valence-electron chi connectivity index (χ4n) is 11.8. The summed E-state index contributed by atoms with van der Waals surface area (Å²) in [6.07, 6.45) is 0. The molecule has 12 aromatic carbocycles. The maximum absolute atomic E-state index is 11.0. The Labute approximate surface area is 402 Å². The highest BCUT2D eigenvalue weighted by molar-refractivity contribution is 6.29. The predicted octanol–water partition coefficient (Wildman–Crippen LogP) is 17.6. The first-order valence-electron chi connectivity index (χ1n) is 23.2. The second-order valence-corrected chi connectivity index (χ2v) is 18.3. The molecule has 0 aromatic heterocycles. The van der Waals surface area contributed by atoms with Gasteiger partial charge >= 0.3 is 0 Å². The van der Waals surface area contributed by atoms with Crippen LogP contribution in [0.25, 0.3) is 148 Å². The molecule has 14 rings (SSSR count). The highest BCUT2D eigenvalue weighted by Gasteiger charge is 2.28. The van der Waals surface area contributed by atoms with Gasteiger partial charge in [0.1, 0.15) is 0 Å². The van der Waals surface area contributed by atoms with Crippen LogP contribution in [0.1, 0.15) is 16.7 Å². The molecule has 4 heteroatoms. The summed E-state index contributed by atoms with van der Waals surface area (Å²) in [6, 6.07) is 74.5. The van der Waals surface area contributed by atoms with Gasteiger partial charge < -0.3 is 0 Å². The molecular weight excluding hydrogens is 849 g/mol. The number of hydrogen-bond acceptors (Lipinski definition) is 3. The second kappa shape index (κ2) is 14.7. The molecular formula is C66H32N4. The quantitative estimate of drug-likeness (QED) is 0.131. The number of hydrogen-bond donors (Lipinski definition) is 0. The highest BCUT2D eigenvalue weighted by Crippen LogP contribution is 2.55. The molecule has 0 heterocycles. The Kier molecular flexibility index (Phi) is 8.21. The van der Waals surface area contributed by atoms with Crippen molar-refractivity contribution in [1.82, 2.24) is 0 Å². The Morgan fingerprint density at radius 1 is 0.286 bits per heavy atom. The third-order valence-electron chi connectivity index (χ3n) is 14.8. The number of rotatable bonds is 4. The fourth-order valence-corrected chi connectivity index (χ4v) is 11.8. The summed E-state index contributed by atoms with van der Waals surface area (Å²) < 4.78 is 0. The topological polar surface area (TPSA) is 75.7 Å². The van der Waals surface area contributed by atoms with Gasteiger partial charge in [-0.05, 0) is 186 Å². The van der Waals surface area contributed by atoms with Crippen molar-refractivity contribution in [2.75, 3.05) is 0 Å². The molecule has 0 spiro atoms. The number of nitriles is 3. The van der Waals surface area contributed by atoms with Crippen LogP contribution in [0, 0.1) is 40.6 Å². The van der Waals surface area contributed by atoms with Gasteiger partial charge in [-0.1, -0.05) is 140 Å². The van der Waals surface area contributed by atoms with Crippen LogP contribution in [-0.4, -0.2) is 0 Å². The normalized spacial score (nSPS) is 11.7.